The molecule has 0 fully saturated rings. The molecular weight excluding hydrogens is 274 g/mol. The molecule has 2 N–H and O–H groups in total. The number of hydrogen-bond acceptors (Lipinski definition) is 5. The maximum absolute atomic E-state index is 12.1. The van der Waals surface area contributed by atoms with E-state index in [2.05, 4.69) is 20.7 Å². The predicted octanol–water partition coefficient (Wildman–Crippen LogP) is 0.429. The summed E-state index contributed by atoms with van der Waals surface area (Å²) in [6, 6.07) is 6.60. The summed E-state index contributed by atoms with van der Waals surface area (Å²) in [6.07, 6.45) is 1.36. The molecule has 0 aliphatic carbocycles. The largest absolute Gasteiger partial charge is 0.308 e. The van der Waals surface area contributed by atoms with Crippen molar-refractivity contribution >= 4 is 23.5 Å². The fourth-order valence-electron chi connectivity index (χ4n) is 2.12. The maximum Gasteiger partial charge on any atom is 0.261 e. The van der Waals surface area contributed by atoms with Crippen LogP contribution in [0.2, 0.25) is 0 Å². The second kappa shape index (κ2) is 5.16. The minimum absolute atomic E-state index is 0.00166. The standard InChI is InChI=1S/C13H11N5O3/c19-11(15-10-7-14-17-16-10)5-6-18-12(20)8-3-1-2-4-9(8)13(18)21/h1-4,7H,5-6H2,(H2,14,15,16,17,19). The first kappa shape index (κ1) is 13.0. The molecule has 1 aromatic heterocycles. The SMILES string of the molecule is O=C(CCN1C(=O)c2ccccc2C1=O)Nc1cn[nH]n1. The van der Waals surface area contributed by atoms with Gasteiger partial charge in [-0.1, -0.05) is 12.1 Å². The van der Waals surface area contributed by atoms with Crippen molar-refractivity contribution in [3.05, 3.63) is 41.6 Å². The lowest BCUT2D eigenvalue weighted by Gasteiger charge is -2.12. The monoisotopic (exact) mass is 285 g/mol. The Morgan fingerprint density at radius 1 is 1.19 bits per heavy atom. The van der Waals surface area contributed by atoms with Gasteiger partial charge in [-0.25, -0.2) is 0 Å². The third kappa shape index (κ3) is 2.38. The summed E-state index contributed by atoms with van der Waals surface area (Å²) in [5, 5.41) is 12.1. The summed E-state index contributed by atoms with van der Waals surface area (Å²) >= 11 is 0. The van der Waals surface area contributed by atoms with Crippen LogP contribution in [-0.2, 0) is 4.79 Å². The van der Waals surface area contributed by atoms with E-state index in [4.69, 9.17) is 0 Å². The van der Waals surface area contributed by atoms with Gasteiger partial charge in [0.25, 0.3) is 11.8 Å². The highest BCUT2D eigenvalue weighted by atomic mass is 16.2. The Labute approximate surface area is 119 Å². The van der Waals surface area contributed by atoms with Gasteiger partial charge in [0.05, 0.1) is 17.3 Å². The molecule has 0 atom stereocenters. The Kier molecular flexibility index (Phi) is 3.19. The molecule has 0 unspecified atom stereocenters. The number of nitrogens with one attached hydrogen (secondary N) is 2. The normalized spacial score (nSPS) is 13.4. The van der Waals surface area contributed by atoms with Crippen molar-refractivity contribution in [2.75, 3.05) is 11.9 Å². The molecule has 0 radical (unpaired) electrons. The summed E-state index contributed by atoms with van der Waals surface area (Å²) in [5.74, 6) is -0.794. The molecule has 1 aliphatic heterocycles. The number of carbonyl (C=O) groups is 3. The van der Waals surface area contributed by atoms with Gasteiger partial charge in [0.15, 0.2) is 5.82 Å². The van der Waals surface area contributed by atoms with Gasteiger partial charge in [-0.05, 0) is 12.1 Å². The second-order valence-electron chi connectivity index (χ2n) is 4.46. The van der Waals surface area contributed by atoms with Crippen LogP contribution in [-0.4, -0.2) is 44.6 Å². The molecule has 8 heteroatoms. The fraction of sp³-hybridized carbons (Fsp3) is 0.154. The van der Waals surface area contributed by atoms with E-state index in [0.717, 1.165) is 4.90 Å². The molecule has 2 heterocycles. The molecule has 8 nitrogen and oxygen atoms in total. The molecule has 1 aromatic carbocycles. The minimum atomic E-state index is -0.371. The van der Waals surface area contributed by atoms with Gasteiger partial charge in [0.2, 0.25) is 5.91 Å². The number of aromatic nitrogens is 3. The van der Waals surface area contributed by atoms with Crippen molar-refractivity contribution in [1.82, 2.24) is 20.3 Å². The van der Waals surface area contributed by atoms with Crippen LogP contribution >= 0.6 is 0 Å². The molecule has 0 saturated heterocycles. The number of imide groups is 1. The van der Waals surface area contributed by atoms with E-state index in [0.29, 0.717) is 16.9 Å². The highest BCUT2D eigenvalue weighted by molar-refractivity contribution is 6.21. The number of fused-ring (bicyclic) bond motifs is 1. The number of amides is 3. The molecule has 0 saturated carbocycles. The van der Waals surface area contributed by atoms with E-state index in [-0.39, 0.29) is 30.7 Å². The van der Waals surface area contributed by atoms with Crippen molar-refractivity contribution in [3.8, 4) is 0 Å². The van der Waals surface area contributed by atoms with Crippen molar-refractivity contribution in [1.29, 1.82) is 0 Å². The Balaban J connectivity index is 1.63. The van der Waals surface area contributed by atoms with Crippen LogP contribution in [0, 0.1) is 0 Å². The highest BCUT2D eigenvalue weighted by Crippen LogP contribution is 2.22. The number of carbonyl (C=O) groups excluding carboxylic acids is 3. The van der Waals surface area contributed by atoms with E-state index in [1.54, 1.807) is 24.3 Å². The Morgan fingerprint density at radius 3 is 2.43 bits per heavy atom. The summed E-state index contributed by atoms with van der Waals surface area (Å²) in [6.45, 7) is 0.0238. The number of anilines is 1. The van der Waals surface area contributed by atoms with E-state index in [9.17, 15) is 14.4 Å². The third-order valence-corrected chi connectivity index (χ3v) is 3.12. The minimum Gasteiger partial charge on any atom is -0.308 e. The van der Waals surface area contributed by atoms with E-state index in [1.165, 1.54) is 6.20 Å². The molecule has 0 spiro atoms. The van der Waals surface area contributed by atoms with Crippen LogP contribution in [0.1, 0.15) is 27.1 Å². The maximum atomic E-state index is 12.1. The van der Waals surface area contributed by atoms with Crippen molar-refractivity contribution in [2.24, 2.45) is 0 Å². The zero-order chi connectivity index (χ0) is 14.8. The molecule has 2 aromatic rings. The third-order valence-electron chi connectivity index (χ3n) is 3.12. The molecule has 3 rings (SSSR count). The molecule has 1 aliphatic rings. The first-order chi connectivity index (χ1) is 10.2. The zero-order valence-corrected chi connectivity index (χ0v) is 10.9. The van der Waals surface area contributed by atoms with E-state index < -0.39 is 0 Å². The van der Waals surface area contributed by atoms with Gasteiger partial charge in [-0.2, -0.15) is 10.3 Å². The average Bonchev–Trinajstić information content (AvgIpc) is 3.07. The van der Waals surface area contributed by atoms with E-state index in [1.807, 2.05) is 0 Å². The van der Waals surface area contributed by atoms with Crippen LogP contribution in [0.5, 0.6) is 0 Å². The quantitative estimate of drug-likeness (QED) is 0.792. The highest BCUT2D eigenvalue weighted by Gasteiger charge is 2.34. The second-order valence-corrected chi connectivity index (χ2v) is 4.46. The van der Waals surface area contributed by atoms with Crippen LogP contribution in [0.4, 0.5) is 5.82 Å². The Morgan fingerprint density at radius 2 is 1.86 bits per heavy atom. The first-order valence-electron chi connectivity index (χ1n) is 6.27. The van der Waals surface area contributed by atoms with Crippen LogP contribution in [0.25, 0.3) is 0 Å². The lowest BCUT2D eigenvalue weighted by Crippen LogP contribution is -2.32. The van der Waals surface area contributed by atoms with Crippen LogP contribution in [0.3, 0.4) is 0 Å². The van der Waals surface area contributed by atoms with Crippen molar-refractivity contribution < 1.29 is 14.4 Å². The van der Waals surface area contributed by atoms with Crippen LogP contribution in [0.15, 0.2) is 30.5 Å². The van der Waals surface area contributed by atoms with Gasteiger partial charge in [-0.15, -0.1) is 5.10 Å². The molecule has 0 bridgehead atoms. The van der Waals surface area contributed by atoms with E-state index >= 15 is 0 Å². The van der Waals surface area contributed by atoms with Gasteiger partial charge in [0, 0.05) is 13.0 Å². The summed E-state index contributed by atoms with van der Waals surface area (Å²) in [5.41, 5.74) is 0.749. The molecular formula is C13H11N5O3. The zero-order valence-electron chi connectivity index (χ0n) is 10.9. The van der Waals surface area contributed by atoms with Crippen molar-refractivity contribution in [3.63, 3.8) is 0 Å². The summed E-state index contributed by atoms with van der Waals surface area (Å²) < 4.78 is 0. The first-order valence-corrected chi connectivity index (χ1v) is 6.27. The van der Waals surface area contributed by atoms with Gasteiger partial charge in [0.1, 0.15) is 0 Å². The smallest absolute Gasteiger partial charge is 0.261 e. The summed E-state index contributed by atoms with van der Waals surface area (Å²) in [7, 11) is 0. The lowest BCUT2D eigenvalue weighted by atomic mass is 10.1. The Bertz CT molecular complexity index is 675. The average molecular weight is 285 g/mol. The van der Waals surface area contributed by atoms with Gasteiger partial charge < -0.3 is 5.32 Å². The number of H-pyrrole nitrogens is 1. The molecule has 21 heavy (non-hydrogen) atoms. The summed E-state index contributed by atoms with van der Waals surface area (Å²) in [4.78, 5) is 37.0. The number of aromatic amines is 1. The fourth-order valence-corrected chi connectivity index (χ4v) is 2.12. The van der Waals surface area contributed by atoms with Crippen LogP contribution < -0.4 is 5.32 Å². The Hall–Kier alpha value is -3.03. The predicted molar refractivity (Wildman–Crippen MR) is 71.4 cm³/mol. The number of nitrogens with zero attached hydrogens (tertiary/aromatic N) is 3. The van der Waals surface area contributed by atoms with Crippen molar-refractivity contribution in [2.45, 2.75) is 6.42 Å². The molecule has 106 valence electrons. The van der Waals surface area contributed by atoms with Gasteiger partial charge in [-0.3, -0.25) is 19.3 Å². The van der Waals surface area contributed by atoms with Gasteiger partial charge >= 0.3 is 0 Å². The number of rotatable bonds is 4. The lowest BCUT2D eigenvalue weighted by molar-refractivity contribution is -0.116. The topological polar surface area (TPSA) is 108 Å². The molecule has 3 amide bonds. The number of hydrogen-bond donors (Lipinski definition) is 2. The number of benzene rings is 1.